The quantitative estimate of drug-likeness (QED) is 0.219. The first-order valence-electron chi connectivity index (χ1n) is 12.6. The Morgan fingerprint density at radius 1 is 0.526 bits per heavy atom. The SMILES string of the molecule is c1cnc2c(c1)ccc1c(-n3c4ccccc4c4c5cccnc5c5oc6ccccc6c5c43)ccnc12. The van der Waals surface area contributed by atoms with Crippen molar-refractivity contribution in [3.8, 4) is 5.69 Å². The highest BCUT2D eigenvalue weighted by Crippen LogP contribution is 2.45. The summed E-state index contributed by atoms with van der Waals surface area (Å²) >= 11 is 0. The van der Waals surface area contributed by atoms with Crippen molar-refractivity contribution in [1.29, 1.82) is 0 Å². The zero-order valence-corrected chi connectivity index (χ0v) is 20.1. The summed E-state index contributed by atoms with van der Waals surface area (Å²) in [6.45, 7) is 0. The first kappa shape index (κ1) is 19.8. The Labute approximate surface area is 215 Å². The van der Waals surface area contributed by atoms with E-state index in [-0.39, 0.29) is 0 Å². The Kier molecular flexibility index (Phi) is 3.73. The number of fused-ring (bicyclic) bond motifs is 13. The van der Waals surface area contributed by atoms with Gasteiger partial charge in [-0.3, -0.25) is 15.0 Å². The van der Waals surface area contributed by atoms with E-state index in [0.29, 0.717) is 0 Å². The van der Waals surface area contributed by atoms with Crippen LogP contribution in [0.25, 0.3) is 82.1 Å². The second-order valence-corrected chi connectivity index (χ2v) is 9.65. The largest absolute Gasteiger partial charge is 0.454 e. The maximum atomic E-state index is 6.51. The van der Waals surface area contributed by atoms with Gasteiger partial charge in [0, 0.05) is 50.9 Å². The van der Waals surface area contributed by atoms with Crippen molar-refractivity contribution in [2.45, 2.75) is 0 Å². The van der Waals surface area contributed by atoms with Crippen LogP contribution in [0.4, 0.5) is 0 Å². The summed E-state index contributed by atoms with van der Waals surface area (Å²) in [6, 6.07) is 31.4. The van der Waals surface area contributed by atoms with E-state index in [4.69, 9.17) is 14.4 Å². The molecule has 0 aliphatic carbocycles. The van der Waals surface area contributed by atoms with Crippen LogP contribution in [-0.4, -0.2) is 19.5 Å². The first-order chi connectivity index (χ1) is 18.9. The van der Waals surface area contributed by atoms with Gasteiger partial charge in [0.2, 0.25) is 0 Å². The molecule has 0 radical (unpaired) electrons. The van der Waals surface area contributed by atoms with Crippen LogP contribution in [0.1, 0.15) is 0 Å². The molecule has 0 spiro atoms. The van der Waals surface area contributed by atoms with Crippen molar-refractivity contribution in [3.63, 3.8) is 0 Å². The number of pyridine rings is 3. The average Bonchev–Trinajstić information content (AvgIpc) is 3.53. The van der Waals surface area contributed by atoms with E-state index in [1.165, 1.54) is 10.8 Å². The maximum Gasteiger partial charge on any atom is 0.163 e. The molecular weight excluding hydrogens is 468 g/mol. The number of rotatable bonds is 1. The Morgan fingerprint density at radius 3 is 2.24 bits per heavy atom. The van der Waals surface area contributed by atoms with Crippen molar-refractivity contribution in [3.05, 3.63) is 110 Å². The fourth-order valence-corrected chi connectivity index (χ4v) is 6.17. The third-order valence-corrected chi connectivity index (χ3v) is 7.70. The van der Waals surface area contributed by atoms with E-state index in [1.807, 2.05) is 42.9 Å². The maximum absolute atomic E-state index is 6.51. The van der Waals surface area contributed by atoms with Gasteiger partial charge in [-0.05, 0) is 36.4 Å². The van der Waals surface area contributed by atoms with E-state index in [1.54, 1.807) is 0 Å². The Bertz CT molecular complexity index is 2420. The minimum Gasteiger partial charge on any atom is -0.454 e. The molecule has 0 saturated heterocycles. The lowest BCUT2D eigenvalue weighted by Crippen LogP contribution is -1.97. The van der Waals surface area contributed by atoms with Gasteiger partial charge in [-0.15, -0.1) is 0 Å². The molecule has 4 aromatic carbocycles. The molecule has 0 unspecified atom stereocenters. The molecule has 5 aromatic heterocycles. The molecule has 9 rings (SSSR count). The van der Waals surface area contributed by atoms with Gasteiger partial charge in [-0.1, -0.05) is 54.6 Å². The van der Waals surface area contributed by atoms with E-state index < -0.39 is 0 Å². The number of furan rings is 1. The van der Waals surface area contributed by atoms with Gasteiger partial charge in [0.15, 0.2) is 5.58 Å². The van der Waals surface area contributed by atoms with Gasteiger partial charge in [-0.25, -0.2) is 0 Å². The predicted octanol–water partition coefficient (Wildman–Crippen LogP) is 8.33. The van der Waals surface area contributed by atoms with E-state index in [9.17, 15) is 0 Å². The molecule has 0 aliphatic rings. The average molecular weight is 487 g/mol. The van der Waals surface area contributed by atoms with Crippen molar-refractivity contribution in [1.82, 2.24) is 19.5 Å². The van der Waals surface area contributed by atoms with Crippen molar-refractivity contribution < 1.29 is 4.42 Å². The molecule has 38 heavy (non-hydrogen) atoms. The second kappa shape index (κ2) is 7.14. The van der Waals surface area contributed by atoms with E-state index >= 15 is 0 Å². The Morgan fingerprint density at radius 2 is 1.29 bits per heavy atom. The van der Waals surface area contributed by atoms with Crippen molar-refractivity contribution in [2.24, 2.45) is 0 Å². The van der Waals surface area contributed by atoms with Gasteiger partial charge >= 0.3 is 0 Å². The summed E-state index contributed by atoms with van der Waals surface area (Å²) in [5, 5.41) is 7.70. The zero-order chi connectivity index (χ0) is 24.8. The summed E-state index contributed by atoms with van der Waals surface area (Å²) in [7, 11) is 0. The highest BCUT2D eigenvalue weighted by atomic mass is 16.3. The number of hydrogen-bond acceptors (Lipinski definition) is 4. The van der Waals surface area contributed by atoms with Gasteiger partial charge < -0.3 is 8.98 Å². The third kappa shape index (κ3) is 2.43. The van der Waals surface area contributed by atoms with Crippen molar-refractivity contribution >= 4 is 76.5 Å². The fraction of sp³-hybridized carbons (Fsp3) is 0. The van der Waals surface area contributed by atoms with Crippen LogP contribution < -0.4 is 0 Å². The number of benzene rings is 4. The first-order valence-corrected chi connectivity index (χ1v) is 12.6. The van der Waals surface area contributed by atoms with Crippen LogP contribution in [0, 0.1) is 0 Å². The van der Waals surface area contributed by atoms with E-state index in [2.05, 4.69) is 76.3 Å². The van der Waals surface area contributed by atoms with Crippen LogP contribution in [0.5, 0.6) is 0 Å². The second-order valence-electron chi connectivity index (χ2n) is 9.65. The smallest absolute Gasteiger partial charge is 0.163 e. The Balaban J connectivity index is 1.60. The topological polar surface area (TPSA) is 56.7 Å². The summed E-state index contributed by atoms with van der Waals surface area (Å²) in [5.74, 6) is 0. The molecule has 0 bridgehead atoms. The highest BCUT2D eigenvalue weighted by Gasteiger charge is 2.24. The highest BCUT2D eigenvalue weighted by molar-refractivity contribution is 6.34. The molecule has 0 aliphatic heterocycles. The van der Waals surface area contributed by atoms with Gasteiger partial charge in [0.1, 0.15) is 11.1 Å². The summed E-state index contributed by atoms with van der Waals surface area (Å²) < 4.78 is 8.88. The lowest BCUT2D eigenvalue weighted by atomic mass is 10.0. The zero-order valence-electron chi connectivity index (χ0n) is 20.1. The molecule has 5 nitrogen and oxygen atoms in total. The van der Waals surface area contributed by atoms with Crippen molar-refractivity contribution in [2.75, 3.05) is 0 Å². The molecule has 176 valence electrons. The predicted molar refractivity (Wildman–Crippen MR) is 154 cm³/mol. The molecule has 5 heteroatoms. The molecule has 0 saturated carbocycles. The molecule has 0 atom stereocenters. The summed E-state index contributed by atoms with van der Waals surface area (Å²) in [5.41, 5.74) is 7.63. The molecule has 5 heterocycles. The molecule has 0 amide bonds. The molecule has 0 fully saturated rings. The fourth-order valence-electron chi connectivity index (χ4n) is 6.17. The monoisotopic (exact) mass is 486 g/mol. The number of para-hydroxylation sites is 2. The minimum absolute atomic E-state index is 0.809. The Hall–Kier alpha value is -5.29. The van der Waals surface area contributed by atoms with Crippen LogP contribution in [0.3, 0.4) is 0 Å². The lowest BCUT2D eigenvalue weighted by Gasteiger charge is -2.13. The standard InChI is InChI=1S/C33H18N4O/c1-3-11-24-20(8-1)27-23-10-6-17-35-31(23)33-28(22-9-2-4-12-26(22)38-33)32(27)37(24)25-15-18-36-30-21(25)14-13-19-7-5-16-34-29(19)30/h1-18H. The number of hydrogen-bond donors (Lipinski definition) is 0. The lowest BCUT2D eigenvalue weighted by molar-refractivity contribution is 0.672. The summed E-state index contributed by atoms with van der Waals surface area (Å²) in [4.78, 5) is 14.3. The number of nitrogens with zero attached hydrogens (tertiary/aromatic N) is 4. The van der Waals surface area contributed by atoms with Gasteiger partial charge in [0.25, 0.3) is 0 Å². The normalized spacial score (nSPS) is 12.2. The van der Waals surface area contributed by atoms with Crippen LogP contribution in [0.2, 0.25) is 0 Å². The van der Waals surface area contributed by atoms with Crippen LogP contribution in [0.15, 0.2) is 114 Å². The van der Waals surface area contributed by atoms with Crippen LogP contribution in [-0.2, 0) is 0 Å². The number of aromatic nitrogens is 4. The third-order valence-electron chi connectivity index (χ3n) is 7.70. The van der Waals surface area contributed by atoms with Gasteiger partial charge in [-0.2, -0.15) is 0 Å². The molecular formula is C33H18N4O. The molecule has 0 N–H and O–H groups in total. The van der Waals surface area contributed by atoms with Crippen LogP contribution >= 0.6 is 0 Å². The molecule has 9 aromatic rings. The van der Waals surface area contributed by atoms with E-state index in [0.717, 1.165) is 71.4 Å². The summed E-state index contributed by atoms with van der Waals surface area (Å²) in [6.07, 6.45) is 5.56. The minimum atomic E-state index is 0.809. The van der Waals surface area contributed by atoms with Gasteiger partial charge in [0.05, 0.1) is 33.1 Å².